The van der Waals surface area contributed by atoms with E-state index in [1.807, 2.05) is 0 Å². The molecule has 1 aliphatic rings. The standard InChI is InChI=1S/C15H24N4O4/c1-18-15(21)7-13(9-17-18)19-4-3-12(10-19)8-16-14(20)11-23-6-5-22-2/h7,9,12H,3-6,8,10-11H2,1-2H3,(H,16,20). The Morgan fingerprint density at radius 3 is 3.04 bits per heavy atom. The summed E-state index contributed by atoms with van der Waals surface area (Å²) in [4.78, 5) is 25.4. The largest absolute Gasteiger partial charge is 0.382 e. The van der Waals surface area contributed by atoms with Crippen LogP contribution in [0.2, 0.25) is 0 Å². The molecule has 1 atom stereocenters. The molecule has 0 saturated carbocycles. The molecule has 23 heavy (non-hydrogen) atoms. The minimum atomic E-state index is -0.118. The van der Waals surface area contributed by atoms with Crippen molar-refractivity contribution in [1.82, 2.24) is 15.1 Å². The fourth-order valence-electron chi connectivity index (χ4n) is 2.48. The SMILES string of the molecule is COCCOCC(=O)NCC1CCN(c2cnn(C)c(=O)c2)C1. The van der Waals surface area contributed by atoms with Gasteiger partial charge in [-0.05, 0) is 12.3 Å². The molecule has 1 aromatic rings. The number of hydrogen-bond acceptors (Lipinski definition) is 6. The fourth-order valence-corrected chi connectivity index (χ4v) is 2.48. The highest BCUT2D eigenvalue weighted by Crippen LogP contribution is 2.21. The first kappa shape index (κ1) is 17.4. The van der Waals surface area contributed by atoms with E-state index in [1.54, 1.807) is 26.4 Å². The van der Waals surface area contributed by atoms with Crippen LogP contribution in [0.1, 0.15) is 6.42 Å². The van der Waals surface area contributed by atoms with E-state index in [-0.39, 0.29) is 18.1 Å². The highest BCUT2D eigenvalue weighted by atomic mass is 16.5. The molecule has 0 radical (unpaired) electrons. The molecule has 1 amide bonds. The number of methoxy groups -OCH3 is 1. The van der Waals surface area contributed by atoms with E-state index >= 15 is 0 Å². The summed E-state index contributed by atoms with van der Waals surface area (Å²) in [6, 6.07) is 1.59. The summed E-state index contributed by atoms with van der Waals surface area (Å²) < 4.78 is 11.3. The van der Waals surface area contributed by atoms with Gasteiger partial charge < -0.3 is 19.7 Å². The second-order valence-corrected chi connectivity index (χ2v) is 5.63. The Bertz CT molecular complexity index is 575. The number of aryl methyl sites for hydroxylation is 1. The van der Waals surface area contributed by atoms with Gasteiger partial charge in [-0.3, -0.25) is 9.59 Å². The van der Waals surface area contributed by atoms with Crippen molar-refractivity contribution in [1.29, 1.82) is 0 Å². The highest BCUT2D eigenvalue weighted by Gasteiger charge is 2.23. The predicted octanol–water partition coefficient (Wildman–Crippen LogP) is -0.614. The van der Waals surface area contributed by atoms with Crippen LogP contribution in [0.3, 0.4) is 0 Å². The Hall–Kier alpha value is -1.93. The number of carbonyl (C=O) groups excluding carboxylic acids is 1. The van der Waals surface area contributed by atoms with Gasteiger partial charge in [-0.2, -0.15) is 5.10 Å². The van der Waals surface area contributed by atoms with Crippen LogP contribution < -0.4 is 15.8 Å². The van der Waals surface area contributed by atoms with Crippen LogP contribution in [-0.4, -0.2) is 62.3 Å². The average Bonchev–Trinajstić information content (AvgIpc) is 3.01. The van der Waals surface area contributed by atoms with E-state index in [4.69, 9.17) is 9.47 Å². The van der Waals surface area contributed by atoms with Crippen molar-refractivity contribution in [2.45, 2.75) is 6.42 Å². The van der Waals surface area contributed by atoms with E-state index < -0.39 is 0 Å². The molecule has 1 aromatic heterocycles. The van der Waals surface area contributed by atoms with Gasteiger partial charge in [0.2, 0.25) is 5.91 Å². The zero-order chi connectivity index (χ0) is 16.7. The van der Waals surface area contributed by atoms with Gasteiger partial charge in [0.05, 0.1) is 25.1 Å². The maximum Gasteiger partial charge on any atom is 0.268 e. The predicted molar refractivity (Wildman–Crippen MR) is 85.5 cm³/mol. The van der Waals surface area contributed by atoms with Crippen LogP contribution in [0.15, 0.2) is 17.1 Å². The molecular weight excluding hydrogens is 300 g/mol. The number of hydrogen-bond donors (Lipinski definition) is 1. The highest BCUT2D eigenvalue weighted by molar-refractivity contribution is 5.77. The first-order chi connectivity index (χ1) is 11.1. The summed E-state index contributed by atoms with van der Waals surface area (Å²) in [6.45, 7) is 3.23. The van der Waals surface area contributed by atoms with Crippen molar-refractivity contribution in [2.75, 3.05) is 51.5 Å². The van der Waals surface area contributed by atoms with E-state index in [2.05, 4.69) is 15.3 Å². The Kier molecular flexibility index (Phi) is 6.54. The van der Waals surface area contributed by atoms with Crippen molar-refractivity contribution >= 4 is 11.6 Å². The Morgan fingerprint density at radius 2 is 2.30 bits per heavy atom. The second kappa shape index (κ2) is 8.64. The van der Waals surface area contributed by atoms with Crippen LogP contribution in [0.25, 0.3) is 0 Å². The fraction of sp³-hybridized carbons (Fsp3) is 0.667. The number of aromatic nitrogens is 2. The van der Waals surface area contributed by atoms with E-state index in [0.29, 0.717) is 25.7 Å². The summed E-state index contributed by atoms with van der Waals surface area (Å²) in [5.74, 6) is 0.247. The Morgan fingerprint density at radius 1 is 1.48 bits per heavy atom. The molecule has 2 rings (SSSR count). The third-order valence-electron chi connectivity index (χ3n) is 3.86. The van der Waals surface area contributed by atoms with E-state index in [9.17, 15) is 9.59 Å². The average molecular weight is 324 g/mol. The lowest BCUT2D eigenvalue weighted by molar-refractivity contribution is -0.126. The molecule has 1 aliphatic heterocycles. The number of nitrogens with zero attached hydrogens (tertiary/aromatic N) is 3. The normalized spacial score (nSPS) is 17.5. The molecule has 0 bridgehead atoms. The first-order valence-corrected chi connectivity index (χ1v) is 7.72. The van der Waals surface area contributed by atoms with Crippen LogP contribution in [0.4, 0.5) is 5.69 Å². The van der Waals surface area contributed by atoms with Crippen LogP contribution in [-0.2, 0) is 21.3 Å². The van der Waals surface area contributed by atoms with Gasteiger partial charge in [0.15, 0.2) is 0 Å². The molecule has 1 N–H and O–H groups in total. The first-order valence-electron chi connectivity index (χ1n) is 7.72. The third-order valence-corrected chi connectivity index (χ3v) is 3.86. The van der Waals surface area contributed by atoms with Gasteiger partial charge >= 0.3 is 0 Å². The monoisotopic (exact) mass is 324 g/mol. The van der Waals surface area contributed by atoms with Crippen molar-refractivity contribution in [3.8, 4) is 0 Å². The lowest BCUT2D eigenvalue weighted by atomic mass is 10.1. The van der Waals surface area contributed by atoms with Gasteiger partial charge in [-0.1, -0.05) is 0 Å². The summed E-state index contributed by atoms with van der Waals surface area (Å²) in [6.07, 6.45) is 2.67. The van der Waals surface area contributed by atoms with Gasteiger partial charge in [-0.25, -0.2) is 4.68 Å². The smallest absolute Gasteiger partial charge is 0.268 e. The molecule has 1 fully saturated rings. The lowest BCUT2D eigenvalue weighted by Crippen LogP contribution is -2.34. The van der Waals surface area contributed by atoms with Gasteiger partial charge in [0.25, 0.3) is 5.56 Å². The zero-order valence-electron chi connectivity index (χ0n) is 13.7. The number of carbonyl (C=O) groups is 1. The minimum absolute atomic E-state index is 0.0540. The molecule has 8 heteroatoms. The number of anilines is 1. The molecule has 8 nitrogen and oxygen atoms in total. The minimum Gasteiger partial charge on any atom is -0.382 e. The molecule has 0 aliphatic carbocycles. The van der Waals surface area contributed by atoms with Crippen LogP contribution >= 0.6 is 0 Å². The second-order valence-electron chi connectivity index (χ2n) is 5.63. The van der Waals surface area contributed by atoms with Crippen molar-refractivity contribution in [3.05, 3.63) is 22.6 Å². The Balaban J connectivity index is 1.72. The molecule has 128 valence electrons. The summed E-state index contributed by atoms with van der Waals surface area (Å²) in [5, 5.41) is 6.92. The number of nitrogens with one attached hydrogen (secondary N) is 1. The van der Waals surface area contributed by atoms with E-state index in [0.717, 1.165) is 25.2 Å². The maximum absolute atomic E-state index is 11.7. The molecule has 0 aromatic carbocycles. The Labute approximate surface area is 135 Å². The lowest BCUT2D eigenvalue weighted by Gasteiger charge is -2.18. The van der Waals surface area contributed by atoms with Crippen molar-refractivity contribution in [3.63, 3.8) is 0 Å². The van der Waals surface area contributed by atoms with Crippen LogP contribution in [0.5, 0.6) is 0 Å². The van der Waals surface area contributed by atoms with Gasteiger partial charge in [0, 0.05) is 39.9 Å². The zero-order valence-corrected chi connectivity index (χ0v) is 13.7. The summed E-state index contributed by atoms with van der Waals surface area (Å²) in [7, 11) is 3.22. The van der Waals surface area contributed by atoms with Gasteiger partial charge in [0.1, 0.15) is 6.61 Å². The maximum atomic E-state index is 11.7. The van der Waals surface area contributed by atoms with E-state index in [1.165, 1.54) is 4.68 Å². The molecule has 0 spiro atoms. The number of amides is 1. The van der Waals surface area contributed by atoms with Gasteiger partial charge in [-0.15, -0.1) is 0 Å². The van der Waals surface area contributed by atoms with Crippen molar-refractivity contribution < 1.29 is 14.3 Å². The van der Waals surface area contributed by atoms with Crippen molar-refractivity contribution in [2.24, 2.45) is 13.0 Å². The topological polar surface area (TPSA) is 85.7 Å². The summed E-state index contributed by atoms with van der Waals surface area (Å²) in [5.41, 5.74) is 0.720. The number of rotatable bonds is 8. The molecular formula is C15H24N4O4. The molecule has 2 heterocycles. The number of ether oxygens (including phenoxy) is 2. The third kappa shape index (κ3) is 5.33. The quantitative estimate of drug-likeness (QED) is 0.642. The summed E-state index contributed by atoms with van der Waals surface area (Å²) >= 11 is 0. The molecule has 1 unspecified atom stereocenters. The molecule has 1 saturated heterocycles. The van der Waals surface area contributed by atoms with Crippen LogP contribution in [0, 0.1) is 5.92 Å².